The zero-order valence-corrected chi connectivity index (χ0v) is 14.9. The summed E-state index contributed by atoms with van der Waals surface area (Å²) in [5.74, 6) is 2.57. The van der Waals surface area contributed by atoms with E-state index in [-0.39, 0.29) is 17.3 Å². The quantitative estimate of drug-likeness (QED) is 0.873. The molecular formula is C18H21N3O3S. The van der Waals surface area contributed by atoms with Gasteiger partial charge in [-0.15, -0.1) is 11.8 Å². The van der Waals surface area contributed by atoms with Crippen LogP contribution >= 0.6 is 11.8 Å². The number of aromatic nitrogens is 2. The van der Waals surface area contributed by atoms with Crippen LogP contribution in [0.1, 0.15) is 42.1 Å². The van der Waals surface area contributed by atoms with Gasteiger partial charge in [0.15, 0.2) is 11.5 Å². The van der Waals surface area contributed by atoms with E-state index in [0.29, 0.717) is 11.6 Å². The van der Waals surface area contributed by atoms with Gasteiger partial charge in [-0.25, -0.2) is 0 Å². The number of amides is 1. The molecule has 2 aromatic rings. The number of anilines is 1. The molecule has 1 atom stereocenters. The lowest BCUT2D eigenvalue weighted by atomic mass is 10.1. The molecular weight excluding hydrogens is 338 g/mol. The zero-order valence-electron chi connectivity index (χ0n) is 14.1. The molecule has 1 fully saturated rings. The Kier molecular flexibility index (Phi) is 4.57. The van der Waals surface area contributed by atoms with Crippen molar-refractivity contribution in [2.45, 2.75) is 37.0 Å². The van der Waals surface area contributed by atoms with E-state index in [9.17, 15) is 4.79 Å². The first-order valence-electron chi connectivity index (χ1n) is 8.54. The number of rotatable bonds is 4. The first-order chi connectivity index (χ1) is 12.2. The van der Waals surface area contributed by atoms with E-state index < -0.39 is 0 Å². The van der Waals surface area contributed by atoms with Crippen LogP contribution in [0, 0.1) is 0 Å². The fourth-order valence-corrected chi connectivity index (χ4v) is 4.51. The molecule has 1 saturated carbocycles. The molecule has 1 aliphatic carbocycles. The average molecular weight is 359 g/mol. The van der Waals surface area contributed by atoms with Crippen LogP contribution in [0.15, 0.2) is 24.4 Å². The van der Waals surface area contributed by atoms with E-state index in [4.69, 9.17) is 9.47 Å². The maximum atomic E-state index is 11.9. The molecule has 1 amide bonds. The molecule has 2 N–H and O–H groups in total. The number of H-pyrrole nitrogens is 1. The van der Waals surface area contributed by atoms with Gasteiger partial charge >= 0.3 is 0 Å². The summed E-state index contributed by atoms with van der Waals surface area (Å²) < 4.78 is 11.7. The molecule has 0 spiro atoms. The number of nitrogens with zero attached hydrogens (tertiary/aromatic N) is 1. The van der Waals surface area contributed by atoms with Gasteiger partial charge in [-0.2, -0.15) is 5.10 Å². The highest BCUT2D eigenvalue weighted by molar-refractivity contribution is 8.00. The summed E-state index contributed by atoms with van der Waals surface area (Å²) in [6, 6.07) is 6.04. The highest BCUT2D eigenvalue weighted by atomic mass is 32.2. The van der Waals surface area contributed by atoms with Crippen molar-refractivity contribution in [3.63, 3.8) is 0 Å². The summed E-state index contributed by atoms with van der Waals surface area (Å²) in [6.45, 7) is 0. The molecule has 1 aromatic heterocycles. The number of carbonyl (C=O) groups is 1. The Hall–Kier alpha value is -2.15. The smallest absolute Gasteiger partial charge is 0.235 e. The van der Waals surface area contributed by atoms with Crippen LogP contribution in [-0.2, 0) is 4.79 Å². The zero-order chi connectivity index (χ0) is 17.2. The average Bonchev–Trinajstić information content (AvgIpc) is 3.26. The van der Waals surface area contributed by atoms with Crippen molar-refractivity contribution >= 4 is 23.5 Å². The molecule has 2 aliphatic rings. The minimum atomic E-state index is -0.0221. The number of nitrogens with one attached hydrogen (secondary N) is 2. The Labute approximate surface area is 150 Å². The van der Waals surface area contributed by atoms with Gasteiger partial charge < -0.3 is 14.8 Å². The van der Waals surface area contributed by atoms with Gasteiger partial charge in [0.2, 0.25) is 5.91 Å². The van der Waals surface area contributed by atoms with Crippen LogP contribution in [0.25, 0.3) is 0 Å². The van der Waals surface area contributed by atoms with Crippen molar-refractivity contribution < 1.29 is 14.3 Å². The van der Waals surface area contributed by atoms with Gasteiger partial charge in [0.25, 0.3) is 0 Å². The van der Waals surface area contributed by atoms with Crippen molar-refractivity contribution in [2.75, 3.05) is 18.2 Å². The number of fused-ring (bicyclic) bond motifs is 1. The first-order valence-corrected chi connectivity index (χ1v) is 9.59. The molecule has 0 unspecified atom stereocenters. The Morgan fingerprint density at radius 2 is 2.08 bits per heavy atom. The summed E-state index contributed by atoms with van der Waals surface area (Å²) in [5, 5.41) is 9.81. The summed E-state index contributed by atoms with van der Waals surface area (Å²) >= 11 is 1.58. The van der Waals surface area contributed by atoms with Crippen LogP contribution in [-0.4, -0.2) is 35.1 Å². The Morgan fingerprint density at radius 3 is 2.88 bits per heavy atom. The topological polar surface area (TPSA) is 76.2 Å². The number of benzene rings is 1. The highest BCUT2D eigenvalue weighted by Crippen LogP contribution is 2.43. The minimum Gasteiger partial charge on any atom is -0.493 e. The van der Waals surface area contributed by atoms with E-state index in [0.717, 1.165) is 35.5 Å². The number of aromatic amines is 1. The largest absolute Gasteiger partial charge is 0.493 e. The van der Waals surface area contributed by atoms with Gasteiger partial charge in [0.05, 0.1) is 30.4 Å². The fraction of sp³-hybridized carbons (Fsp3) is 0.444. The molecule has 4 rings (SSSR count). The number of methoxy groups -OCH3 is 1. The third-order valence-corrected chi connectivity index (χ3v) is 5.97. The first kappa shape index (κ1) is 16.3. The van der Waals surface area contributed by atoms with Crippen LogP contribution in [0.5, 0.6) is 11.5 Å². The second kappa shape index (κ2) is 7.00. The molecule has 132 valence electrons. The standard InChI is InChI=1S/C18H21N3O3S/c1-23-15-8-11(6-7-14(15)24-12-4-2-3-5-12)17-13-9-19-21-18(13)20-16(22)10-25-17/h6-9,12,17H,2-5,10H2,1H3,(H2,19,20,21,22)/t17-/m0/s1. The minimum absolute atomic E-state index is 0.0159. The number of hydrogen-bond donors (Lipinski definition) is 2. The van der Waals surface area contributed by atoms with Gasteiger partial charge in [-0.3, -0.25) is 9.89 Å². The van der Waals surface area contributed by atoms with Crippen LogP contribution in [0.2, 0.25) is 0 Å². The lowest BCUT2D eigenvalue weighted by Crippen LogP contribution is -2.12. The van der Waals surface area contributed by atoms with Gasteiger partial charge in [-0.05, 0) is 43.4 Å². The summed E-state index contributed by atoms with van der Waals surface area (Å²) in [5.41, 5.74) is 2.04. The summed E-state index contributed by atoms with van der Waals surface area (Å²) in [4.78, 5) is 11.9. The summed E-state index contributed by atoms with van der Waals surface area (Å²) in [7, 11) is 1.66. The number of hydrogen-bond acceptors (Lipinski definition) is 5. The summed E-state index contributed by atoms with van der Waals surface area (Å²) in [6.07, 6.45) is 6.73. The molecule has 0 saturated heterocycles. The van der Waals surface area contributed by atoms with E-state index in [1.807, 2.05) is 12.1 Å². The van der Waals surface area contributed by atoms with Crippen LogP contribution < -0.4 is 14.8 Å². The number of carbonyl (C=O) groups excluding carboxylic acids is 1. The lowest BCUT2D eigenvalue weighted by molar-refractivity contribution is -0.113. The van der Waals surface area contributed by atoms with Crippen LogP contribution in [0.3, 0.4) is 0 Å². The molecule has 1 aromatic carbocycles. The van der Waals surface area contributed by atoms with Gasteiger partial charge in [0, 0.05) is 5.56 Å². The molecule has 0 radical (unpaired) electrons. The SMILES string of the molecule is COc1cc([C@@H]2SCC(=O)Nc3[nH]ncc32)ccc1OC1CCCC1. The predicted octanol–water partition coefficient (Wildman–Crippen LogP) is 3.51. The van der Waals surface area contributed by atoms with Gasteiger partial charge in [-0.1, -0.05) is 6.07 Å². The molecule has 1 aliphatic heterocycles. The van der Waals surface area contributed by atoms with Crippen molar-refractivity contribution in [3.05, 3.63) is 35.5 Å². The molecule has 6 nitrogen and oxygen atoms in total. The predicted molar refractivity (Wildman–Crippen MR) is 97.4 cm³/mol. The fourth-order valence-electron chi connectivity index (χ4n) is 3.42. The highest BCUT2D eigenvalue weighted by Gasteiger charge is 2.27. The van der Waals surface area contributed by atoms with E-state index in [2.05, 4.69) is 21.6 Å². The third kappa shape index (κ3) is 3.33. The van der Waals surface area contributed by atoms with Gasteiger partial charge in [0.1, 0.15) is 5.82 Å². The normalized spacial score (nSPS) is 20.7. The molecule has 7 heteroatoms. The second-order valence-corrected chi connectivity index (χ2v) is 7.47. The number of thioether (sulfide) groups is 1. The van der Waals surface area contributed by atoms with E-state index in [1.54, 1.807) is 25.1 Å². The number of ether oxygens (including phenoxy) is 2. The Balaban J connectivity index is 1.63. The lowest BCUT2D eigenvalue weighted by Gasteiger charge is -2.19. The maximum absolute atomic E-state index is 11.9. The van der Waals surface area contributed by atoms with E-state index in [1.165, 1.54) is 12.8 Å². The molecule has 25 heavy (non-hydrogen) atoms. The second-order valence-electron chi connectivity index (χ2n) is 6.37. The van der Waals surface area contributed by atoms with Crippen molar-refractivity contribution in [3.8, 4) is 11.5 Å². The molecule has 0 bridgehead atoms. The van der Waals surface area contributed by atoms with E-state index >= 15 is 0 Å². The Morgan fingerprint density at radius 1 is 1.24 bits per heavy atom. The monoisotopic (exact) mass is 359 g/mol. The van der Waals surface area contributed by atoms with Crippen molar-refractivity contribution in [2.24, 2.45) is 0 Å². The third-order valence-electron chi connectivity index (χ3n) is 4.68. The molecule has 2 heterocycles. The maximum Gasteiger partial charge on any atom is 0.235 e. The Bertz CT molecular complexity index is 771. The van der Waals surface area contributed by atoms with Crippen LogP contribution in [0.4, 0.5) is 5.82 Å². The van der Waals surface area contributed by atoms with Crippen molar-refractivity contribution in [1.29, 1.82) is 0 Å². The van der Waals surface area contributed by atoms with Crippen molar-refractivity contribution in [1.82, 2.24) is 10.2 Å².